The zero-order valence-electron chi connectivity index (χ0n) is 14.5. The molecule has 0 aromatic carbocycles. The van der Waals surface area contributed by atoms with Crippen LogP contribution in [0.5, 0.6) is 5.88 Å². The summed E-state index contributed by atoms with van der Waals surface area (Å²) >= 11 is 0. The van der Waals surface area contributed by atoms with E-state index in [0.717, 1.165) is 28.2 Å². The lowest BCUT2D eigenvalue weighted by Crippen LogP contribution is -3.00. The highest BCUT2D eigenvalue weighted by Crippen LogP contribution is 2.26. The number of hydrogen-bond donors (Lipinski definition) is 1. The van der Waals surface area contributed by atoms with E-state index >= 15 is 0 Å². The van der Waals surface area contributed by atoms with E-state index in [2.05, 4.69) is 60.4 Å². The van der Waals surface area contributed by atoms with Crippen LogP contribution in [0.4, 0.5) is 0 Å². The summed E-state index contributed by atoms with van der Waals surface area (Å²) in [6.07, 6.45) is 6.87. The minimum atomic E-state index is -1.39. The standard InChI is InChI=1S/C18H21N3OSi.ClH/c1-5-9-22-18-11-14-15-13-21(8-10-23(2,3)4)7-6-16(15)20-17(14)12-19-18;/h6-7,11-13H,5,9H2,1-4H3;1H. The lowest BCUT2D eigenvalue weighted by Gasteiger charge is -2.02. The molecule has 3 rings (SSSR count). The van der Waals surface area contributed by atoms with Gasteiger partial charge in [-0.3, -0.25) is 0 Å². The molecule has 6 heteroatoms. The maximum Gasteiger partial charge on any atom is 0.221 e. The molecular formula is C18H22ClN3OSi. The maximum absolute atomic E-state index is 5.65. The van der Waals surface area contributed by atoms with Gasteiger partial charge in [0.1, 0.15) is 8.07 Å². The summed E-state index contributed by atoms with van der Waals surface area (Å²) in [7, 11) is -1.39. The average Bonchev–Trinajstić information content (AvgIpc) is 2.87. The van der Waals surface area contributed by atoms with Crippen molar-refractivity contribution < 1.29 is 21.7 Å². The molecule has 4 nitrogen and oxygen atoms in total. The lowest BCUT2D eigenvalue weighted by atomic mass is 10.2. The van der Waals surface area contributed by atoms with Crippen LogP contribution in [0.25, 0.3) is 21.8 Å². The highest BCUT2D eigenvalue weighted by molar-refractivity contribution is 6.83. The number of fused-ring (bicyclic) bond motifs is 3. The molecule has 3 aromatic heterocycles. The summed E-state index contributed by atoms with van der Waals surface area (Å²) in [5.41, 5.74) is 5.48. The molecule has 3 heterocycles. The van der Waals surface area contributed by atoms with Crippen molar-refractivity contribution in [1.29, 1.82) is 0 Å². The van der Waals surface area contributed by atoms with Gasteiger partial charge in [-0.25, -0.2) is 4.98 Å². The summed E-state index contributed by atoms with van der Waals surface area (Å²) in [5.74, 6) is 0.670. The van der Waals surface area contributed by atoms with Crippen LogP contribution in [-0.2, 0) is 0 Å². The van der Waals surface area contributed by atoms with Crippen LogP contribution in [0.1, 0.15) is 13.3 Å². The van der Waals surface area contributed by atoms with E-state index in [-0.39, 0.29) is 12.4 Å². The first-order valence-electron chi connectivity index (χ1n) is 7.95. The van der Waals surface area contributed by atoms with Gasteiger partial charge in [-0.15, -0.1) is 4.57 Å². The van der Waals surface area contributed by atoms with Crippen molar-refractivity contribution in [3.8, 4) is 17.5 Å². The van der Waals surface area contributed by atoms with Gasteiger partial charge in [-0.05, 0) is 6.42 Å². The Hall–Kier alpha value is -2.03. The number of nitrogens with one attached hydrogen (secondary N) is 1. The molecule has 0 aliphatic heterocycles. The van der Waals surface area contributed by atoms with Gasteiger partial charge in [-0.1, -0.05) is 32.1 Å². The number of rotatable bonds is 3. The van der Waals surface area contributed by atoms with Gasteiger partial charge >= 0.3 is 0 Å². The SMILES string of the molecule is CCCOc1cc2c(cn1)[nH]c1cc[n+](C#C[Si](C)(C)C)cc12.[Cl-]. The number of nitrogens with zero attached hydrogens (tertiary/aromatic N) is 2. The second-order valence-corrected chi connectivity index (χ2v) is 11.5. The quantitative estimate of drug-likeness (QED) is 0.420. The first-order valence-corrected chi connectivity index (χ1v) is 11.4. The van der Waals surface area contributed by atoms with E-state index in [0.29, 0.717) is 12.5 Å². The number of hydrogen-bond acceptors (Lipinski definition) is 2. The van der Waals surface area contributed by atoms with Gasteiger partial charge in [-0.2, -0.15) is 0 Å². The van der Waals surface area contributed by atoms with Crippen molar-refractivity contribution in [3.63, 3.8) is 0 Å². The van der Waals surface area contributed by atoms with Gasteiger partial charge in [0.05, 0.1) is 29.2 Å². The molecular weight excluding hydrogens is 338 g/mol. The molecule has 0 unspecified atom stereocenters. The largest absolute Gasteiger partial charge is 1.00 e. The third-order valence-corrected chi connectivity index (χ3v) is 4.27. The molecule has 1 N–H and O–H groups in total. The van der Waals surface area contributed by atoms with Crippen LogP contribution in [0.15, 0.2) is 30.7 Å². The minimum Gasteiger partial charge on any atom is -1.00 e. The molecule has 0 amide bonds. The van der Waals surface area contributed by atoms with Crippen molar-refractivity contribution >= 4 is 29.9 Å². The fraction of sp³-hybridized carbons (Fsp3) is 0.333. The lowest BCUT2D eigenvalue weighted by molar-refractivity contribution is -0.581. The average molecular weight is 360 g/mol. The van der Waals surface area contributed by atoms with Crippen LogP contribution in [0.3, 0.4) is 0 Å². The van der Waals surface area contributed by atoms with Crippen molar-refractivity contribution in [2.45, 2.75) is 33.0 Å². The minimum absolute atomic E-state index is 0. The predicted molar refractivity (Wildman–Crippen MR) is 96.1 cm³/mol. The number of halogens is 1. The smallest absolute Gasteiger partial charge is 0.221 e. The summed E-state index contributed by atoms with van der Waals surface area (Å²) in [4.78, 5) is 7.74. The van der Waals surface area contributed by atoms with Crippen molar-refractivity contribution in [3.05, 3.63) is 30.7 Å². The van der Waals surface area contributed by atoms with Crippen molar-refractivity contribution in [2.24, 2.45) is 0 Å². The fourth-order valence-electron chi connectivity index (χ4n) is 2.31. The van der Waals surface area contributed by atoms with Gasteiger partial charge in [0.15, 0.2) is 12.4 Å². The highest BCUT2D eigenvalue weighted by atomic mass is 35.5. The summed E-state index contributed by atoms with van der Waals surface area (Å²) in [6.45, 7) is 9.50. The normalized spacial score (nSPS) is 11.0. The number of aromatic nitrogens is 3. The molecule has 0 aliphatic rings. The van der Waals surface area contributed by atoms with E-state index in [1.165, 1.54) is 0 Å². The summed E-state index contributed by atoms with van der Waals surface area (Å²) in [5, 5.41) is 2.25. The maximum atomic E-state index is 5.65. The number of ether oxygens (including phenoxy) is 1. The van der Waals surface area contributed by atoms with Crippen LogP contribution >= 0.6 is 0 Å². The van der Waals surface area contributed by atoms with Crippen LogP contribution in [0.2, 0.25) is 19.6 Å². The van der Waals surface area contributed by atoms with Crippen LogP contribution < -0.4 is 21.7 Å². The van der Waals surface area contributed by atoms with Gasteiger partial charge in [0.25, 0.3) is 0 Å². The Morgan fingerprint density at radius 1 is 1.25 bits per heavy atom. The Morgan fingerprint density at radius 2 is 2.04 bits per heavy atom. The summed E-state index contributed by atoms with van der Waals surface area (Å²) in [6, 6.07) is 7.30. The molecule has 126 valence electrons. The first-order chi connectivity index (χ1) is 11.0. The third kappa shape index (κ3) is 4.08. The molecule has 0 atom stereocenters. The first kappa shape index (κ1) is 18.3. The Morgan fingerprint density at radius 3 is 2.75 bits per heavy atom. The second kappa shape index (κ2) is 7.25. The van der Waals surface area contributed by atoms with E-state index in [1.54, 1.807) is 0 Å². The van der Waals surface area contributed by atoms with Crippen LogP contribution in [-0.4, -0.2) is 24.6 Å². The third-order valence-electron chi connectivity index (χ3n) is 3.41. The van der Waals surface area contributed by atoms with Gasteiger partial charge in [0, 0.05) is 17.5 Å². The highest BCUT2D eigenvalue weighted by Gasteiger charge is 2.12. The fourth-order valence-corrected chi connectivity index (χ4v) is 2.78. The second-order valence-electron chi connectivity index (χ2n) is 6.71. The van der Waals surface area contributed by atoms with Crippen molar-refractivity contribution in [2.75, 3.05) is 6.61 Å². The molecule has 0 radical (unpaired) electrons. The Balaban J connectivity index is 0.00000208. The molecule has 0 saturated carbocycles. The number of aromatic amines is 1. The molecule has 3 aromatic rings. The molecule has 0 bridgehead atoms. The molecule has 0 spiro atoms. The van der Waals surface area contributed by atoms with Crippen LogP contribution in [0, 0.1) is 11.6 Å². The molecule has 0 saturated heterocycles. The molecule has 0 aliphatic carbocycles. The monoisotopic (exact) mass is 359 g/mol. The van der Waals surface area contributed by atoms with E-state index in [4.69, 9.17) is 4.74 Å². The van der Waals surface area contributed by atoms with Gasteiger partial charge < -0.3 is 22.1 Å². The number of H-pyrrole nitrogens is 1. The van der Waals surface area contributed by atoms with Crippen molar-refractivity contribution in [1.82, 2.24) is 9.97 Å². The molecule has 0 fully saturated rings. The Labute approximate surface area is 149 Å². The predicted octanol–water partition coefficient (Wildman–Crippen LogP) is 0.483. The topological polar surface area (TPSA) is 41.8 Å². The zero-order chi connectivity index (χ0) is 16.4. The summed E-state index contributed by atoms with van der Waals surface area (Å²) < 4.78 is 7.60. The van der Waals surface area contributed by atoms with E-state index in [9.17, 15) is 0 Å². The van der Waals surface area contributed by atoms with E-state index < -0.39 is 8.07 Å². The van der Waals surface area contributed by atoms with E-state index in [1.807, 2.05) is 23.0 Å². The number of pyridine rings is 2. The Bertz CT molecular complexity index is 919. The van der Waals surface area contributed by atoms with Gasteiger partial charge in [0.2, 0.25) is 11.9 Å². The Kier molecular flexibility index (Phi) is 5.53. The molecule has 24 heavy (non-hydrogen) atoms. The zero-order valence-corrected chi connectivity index (χ0v) is 16.2.